The van der Waals surface area contributed by atoms with Gasteiger partial charge in [-0.2, -0.15) is 13.2 Å². The maximum absolute atomic E-state index is 13.6. The minimum Gasteiger partial charge on any atom is -0.322 e. The van der Waals surface area contributed by atoms with Crippen LogP contribution in [-0.2, 0) is 18.1 Å². The van der Waals surface area contributed by atoms with Crippen LogP contribution in [0, 0.1) is 0 Å². The van der Waals surface area contributed by atoms with Crippen LogP contribution >= 0.6 is 11.6 Å². The Labute approximate surface area is 205 Å². The van der Waals surface area contributed by atoms with Crippen molar-refractivity contribution in [1.82, 2.24) is 10.3 Å². The van der Waals surface area contributed by atoms with E-state index >= 15 is 0 Å². The number of carbonyl (C=O) groups excluding carboxylic acids is 1. The molecule has 178 valence electrons. The number of nitrogens with one attached hydrogen (secondary N) is 2. The number of amides is 2. The molecule has 4 aromatic rings. The van der Waals surface area contributed by atoms with E-state index in [-0.39, 0.29) is 5.02 Å². The summed E-state index contributed by atoms with van der Waals surface area (Å²) in [7, 11) is 0. The third kappa shape index (κ3) is 5.46. The van der Waals surface area contributed by atoms with E-state index in [0.717, 1.165) is 11.6 Å². The third-order valence-corrected chi connectivity index (χ3v) is 5.88. The highest BCUT2D eigenvalue weighted by atomic mass is 35.5. The summed E-state index contributed by atoms with van der Waals surface area (Å²) in [6.07, 6.45) is -2.79. The molecular weight excluding hydrogens is 475 g/mol. The summed E-state index contributed by atoms with van der Waals surface area (Å²) >= 11 is 6.06. The second kappa shape index (κ2) is 10.2. The molecule has 0 bridgehead atoms. The van der Waals surface area contributed by atoms with Gasteiger partial charge in [-0.25, -0.2) is 4.79 Å². The van der Waals surface area contributed by atoms with Gasteiger partial charge < -0.3 is 10.6 Å². The predicted molar refractivity (Wildman–Crippen MR) is 130 cm³/mol. The number of nitrogens with zero attached hydrogens (tertiary/aromatic N) is 1. The Kier molecular flexibility index (Phi) is 7.07. The molecule has 3 aromatic carbocycles. The lowest BCUT2D eigenvalue weighted by Crippen LogP contribution is -2.50. The molecule has 2 N–H and O–H groups in total. The Morgan fingerprint density at radius 1 is 0.829 bits per heavy atom. The lowest BCUT2D eigenvalue weighted by atomic mass is 9.80. The molecule has 8 heteroatoms. The molecule has 35 heavy (non-hydrogen) atoms. The molecule has 0 aliphatic carbocycles. The number of aromatic nitrogens is 1. The normalized spacial score (nSPS) is 13.0. The fraction of sp³-hybridized carbons (Fsp3) is 0.111. The molecule has 0 spiro atoms. The SMILES string of the molecule is O=C(Nc1c(Cl)cccc1C(F)(F)F)NC(Cc1ccccc1)(c1ccccc1)c1ccccn1. The van der Waals surface area contributed by atoms with Crippen molar-refractivity contribution < 1.29 is 18.0 Å². The van der Waals surface area contributed by atoms with Crippen LogP contribution in [0.3, 0.4) is 0 Å². The first-order chi connectivity index (χ1) is 16.8. The van der Waals surface area contributed by atoms with Gasteiger partial charge in [-0.3, -0.25) is 4.98 Å². The van der Waals surface area contributed by atoms with Crippen molar-refractivity contribution in [2.45, 2.75) is 18.1 Å². The van der Waals surface area contributed by atoms with Gasteiger partial charge in [-0.15, -0.1) is 0 Å². The summed E-state index contributed by atoms with van der Waals surface area (Å²) in [6, 6.07) is 26.4. The Morgan fingerprint density at radius 3 is 2.11 bits per heavy atom. The van der Waals surface area contributed by atoms with Crippen LogP contribution in [0.25, 0.3) is 0 Å². The van der Waals surface area contributed by atoms with Crippen molar-refractivity contribution in [3.8, 4) is 0 Å². The Balaban J connectivity index is 1.80. The van der Waals surface area contributed by atoms with Crippen molar-refractivity contribution in [2.75, 3.05) is 5.32 Å². The minimum atomic E-state index is -4.70. The fourth-order valence-corrected chi connectivity index (χ4v) is 4.21. The predicted octanol–water partition coefficient (Wildman–Crippen LogP) is 7.06. The molecule has 0 aliphatic heterocycles. The molecule has 1 unspecified atom stereocenters. The molecule has 0 fully saturated rings. The quantitative estimate of drug-likeness (QED) is 0.301. The number of benzene rings is 3. The standard InChI is InChI=1S/C27H21ClF3N3O/c28-22-15-9-14-21(27(29,30)31)24(22)33-25(35)34-26(20-12-5-2-6-13-20,23-16-7-8-17-32-23)18-19-10-3-1-4-11-19/h1-17H,18H2,(H2,33,34,35). The lowest BCUT2D eigenvalue weighted by Gasteiger charge is -2.35. The van der Waals surface area contributed by atoms with E-state index in [4.69, 9.17) is 11.6 Å². The smallest absolute Gasteiger partial charge is 0.322 e. The molecule has 1 heterocycles. The number of halogens is 4. The first-order valence-corrected chi connectivity index (χ1v) is 11.1. The average Bonchev–Trinajstić information content (AvgIpc) is 2.86. The molecular formula is C27H21ClF3N3O. The van der Waals surface area contributed by atoms with Crippen molar-refractivity contribution in [1.29, 1.82) is 0 Å². The maximum atomic E-state index is 13.6. The number of carbonyl (C=O) groups is 1. The Hall–Kier alpha value is -3.84. The van der Waals surface area contributed by atoms with E-state index in [1.165, 1.54) is 12.1 Å². The number of para-hydroxylation sites is 1. The monoisotopic (exact) mass is 495 g/mol. The second-order valence-corrected chi connectivity index (χ2v) is 8.30. The molecule has 4 nitrogen and oxygen atoms in total. The van der Waals surface area contributed by atoms with Crippen molar-refractivity contribution in [3.05, 3.63) is 131 Å². The van der Waals surface area contributed by atoms with Gasteiger partial charge in [0, 0.05) is 12.6 Å². The van der Waals surface area contributed by atoms with Crippen LogP contribution in [0.1, 0.15) is 22.4 Å². The van der Waals surface area contributed by atoms with Crippen LogP contribution in [-0.4, -0.2) is 11.0 Å². The number of rotatable bonds is 6. The fourth-order valence-electron chi connectivity index (χ4n) is 3.99. The molecule has 4 rings (SSSR count). The molecule has 2 amide bonds. The first kappa shape index (κ1) is 24.3. The summed E-state index contributed by atoms with van der Waals surface area (Å²) in [6.45, 7) is 0. The van der Waals surface area contributed by atoms with E-state index in [0.29, 0.717) is 17.7 Å². The molecule has 0 saturated heterocycles. The highest BCUT2D eigenvalue weighted by Gasteiger charge is 2.39. The molecule has 0 aliphatic rings. The van der Waals surface area contributed by atoms with E-state index < -0.39 is 29.0 Å². The van der Waals surface area contributed by atoms with Crippen LogP contribution in [0.15, 0.2) is 103 Å². The first-order valence-electron chi connectivity index (χ1n) is 10.8. The molecule has 0 radical (unpaired) electrons. The zero-order valence-corrected chi connectivity index (χ0v) is 19.1. The van der Waals surface area contributed by atoms with Crippen molar-refractivity contribution in [3.63, 3.8) is 0 Å². The summed E-state index contributed by atoms with van der Waals surface area (Å²) in [4.78, 5) is 17.8. The highest BCUT2D eigenvalue weighted by Crippen LogP contribution is 2.39. The van der Waals surface area contributed by atoms with Gasteiger partial charge in [0.05, 0.1) is 22.0 Å². The van der Waals surface area contributed by atoms with Gasteiger partial charge in [0.2, 0.25) is 0 Å². The third-order valence-electron chi connectivity index (χ3n) is 5.57. The van der Waals surface area contributed by atoms with Crippen molar-refractivity contribution >= 4 is 23.3 Å². The van der Waals surface area contributed by atoms with Crippen LogP contribution < -0.4 is 10.6 Å². The molecule has 1 atom stereocenters. The van der Waals surface area contributed by atoms with Gasteiger partial charge in [0.15, 0.2) is 0 Å². The number of anilines is 1. The van der Waals surface area contributed by atoms with E-state index in [9.17, 15) is 18.0 Å². The van der Waals surface area contributed by atoms with Gasteiger partial charge in [-0.05, 0) is 35.4 Å². The summed E-state index contributed by atoms with van der Waals surface area (Å²) in [5, 5.41) is 5.04. The van der Waals surface area contributed by atoms with Crippen LogP contribution in [0.2, 0.25) is 5.02 Å². The van der Waals surface area contributed by atoms with Crippen LogP contribution in [0.4, 0.5) is 23.7 Å². The van der Waals surface area contributed by atoms with Gasteiger partial charge in [0.25, 0.3) is 0 Å². The Morgan fingerprint density at radius 2 is 1.49 bits per heavy atom. The minimum absolute atomic E-state index is 0.221. The highest BCUT2D eigenvalue weighted by molar-refractivity contribution is 6.34. The Bertz CT molecular complexity index is 1240. The zero-order chi connectivity index (χ0) is 24.9. The number of pyridine rings is 1. The summed E-state index contributed by atoms with van der Waals surface area (Å²) in [5.41, 5.74) is -0.592. The average molecular weight is 496 g/mol. The topological polar surface area (TPSA) is 54.0 Å². The number of alkyl halides is 3. The summed E-state index contributed by atoms with van der Waals surface area (Å²) in [5.74, 6) is 0. The number of hydrogen-bond acceptors (Lipinski definition) is 2. The second-order valence-electron chi connectivity index (χ2n) is 7.89. The van der Waals surface area contributed by atoms with Gasteiger partial charge in [-0.1, -0.05) is 84.4 Å². The zero-order valence-electron chi connectivity index (χ0n) is 18.4. The lowest BCUT2D eigenvalue weighted by molar-refractivity contribution is -0.136. The maximum Gasteiger partial charge on any atom is 0.418 e. The van der Waals surface area contributed by atoms with Gasteiger partial charge in [0.1, 0.15) is 5.54 Å². The molecule has 0 saturated carbocycles. The number of hydrogen-bond donors (Lipinski definition) is 2. The largest absolute Gasteiger partial charge is 0.418 e. The van der Waals surface area contributed by atoms with E-state index in [1.54, 1.807) is 24.4 Å². The van der Waals surface area contributed by atoms with E-state index in [1.807, 2.05) is 60.7 Å². The van der Waals surface area contributed by atoms with Crippen molar-refractivity contribution in [2.24, 2.45) is 0 Å². The molecule has 1 aromatic heterocycles. The number of urea groups is 1. The summed E-state index contributed by atoms with van der Waals surface area (Å²) < 4.78 is 40.8. The van der Waals surface area contributed by atoms with E-state index in [2.05, 4.69) is 15.6 Å². The van der Waals surface area contributed by atoms with Gasteiger partial charge >= 0.3 is 12.2 Å². The van der Waals surface area contributed by atoms with Crippen LogP contribution in [0.5, 0.6) is 0 Å².